The van der Waals surface area contributed by atoms with Crippen LogP contribution in [-0.4, -0.2) is 30.1 Å². The first kappa shape index (κ1) is 12.4. The van der Waals surface area contributed by atoms with Crippen LogP contribution in [0.25, 0.3) is 0 Å². The number of rotatable bonds is 6. The molecule has 1 rings (SSSR count). The number of ether oxygens (including phenoxy) is 3. The maximum atomic E-state index is 5.59. The molecule has 86 valence electrons. The summed E-state index contributed by atoms with van der Waals surface area (Å²) in [5.41, 5.74) is 0. The Labute approximate surface area is 97.8 Å². The number of hydrogen-bond acceptors (Lipinski definition) is 4. The molecule has 15 heavy (non-hydrogen) atoms. The molecule has 5 heteroatoms. The van der Waals surface area contributed by atoms with Gasteiger partial charge in [0.05, 0.1) is 30.1 Å². The minimum atomic E-state index is 0.637. The molecule has 0 bridgehead atoms. The lowest BCUT2D eigenvalue weighted by Crippen LogP contribution is -2.05. The zero-order chi connectivity index (χ0) is 11.3. The smallest absolute Gasteiger partial charge is 0.220 e. The van der Waals surface area contributed by atoms with Gasteiger partial charge in [0.2, 0.25) is 10.8 Å². The normalized spacial score (nSPS) is 10.3. The third-order valence-corrected chi connectivity index (χ3v) is 3.86. The molecule has 0 aliphatic rings. The highest BCUT2D eigenvalue weighted by molar-refractivity contribution is 7.22. The molecule has 0 saturated carbocycles. The summed E-state index contributed by atoms with van der Waals surface area (Å²) < 4.78 is 17.9. The van der Waals surface area contributed by atoms with Gasteiger partial charge < -0.3 is 14.2 Å². The van der Waals surface area contributed by atoms with Crippen molar-refractivity contribution in [2.45, 2.75) is 20.8 Å². The van der Waals surface area contributed by atoms with E-state index in [4.69, 9.17) is 14.2 Å². The van der Waals surface area contributed by atoms with Crippen LogP contribution in [0.5, 0.6) is 16.6 Å². The van der Waals surface area contributed by atoms with Gasteiger partial charge in [0.15, 0.2) is 5.75 Å². The highest BCUT2D eigenvalue weighted by atomic mass is 32.1. The SMILES string of the molecule is CCOc1sc([SiH3])c(OCC)c1OCC. The Bertz CT molecular complexity index is 312. The summed E-state index contributed by atoms with van der Waals surface area (Å²) >= 11 is 1.63. The Balaban J connectivity index is 3.00. The Hall–Kier alpha value is -0.683. The van der Waals surface area contributed by atoms with Crippen LogP contribution in [0.3, 0.4) is 0 Å². The number of hydrogen-bond donors (Lipinski definition) is 0. The summed E-state index contributed by atoms with van der Waals surface area (Å²) in [5, 5.41) is 0.854. The molecule has 0 radical (unpaired) electrons. The molecular weight excluding hydrogens is 228 g/mol. The van der Waals surface area contributed by atoms with E-state index in [-0.39, 0.29) is 0 Å². The fourth-order valence-electron chi connectivity index (χ4n) is 1.29. The van der Waals surface area contributed by atoms with E-state index in [2.05, 4.69) is 0 Å². The van der Waals surface area contributed by atoms with Crippen molar-refractivity contribution in [3.05, 3.63) is 0 Å². The molecule has 0 unspecified atom stereocenters. The average molecular weight is 246 g/mol. The van der Waals surface area contributed by atoms with Gasteiger partial charge in [-0.2, -0.15) is 0 Å². The van der Waals surface area contributed by atoms with Crippen LogP contribution in [0.15, 0.2) is 0 Å². The van der Waals surface area contributed by atoms with Crippen LogP contribution in [0.4, 0.5) is 0 Å². The first-order valence-electron chi connectivity index (χ1n) is 5.26. The number of thiophene rings is 1. The minimum Gasteiger partial charge on any atom is -0.489 e. The van der Waals surface area contributed by atoms with Crippen LogP contribution in [0, 0.1) is 0 Å². The van der Waals surface area contributed by atoms with Crippen molar-refractivity contribution in [3.8, 4) is 16.6 Å². The van der Waals surface area contributed by atoms with Gasteiger partial charge in [0.1, 0.15) is 0 Å². The van der Waals surface area contributed by atoms with E-state index in [9.17, 15) is 0 Å². The van der Waals surface area contributed by atoms with E-state index < -0.39 is 0 Å². The van der Waals surface area contributed by atoms with Crippen molar-refractivity contribution in [2.24, 2.45) is 0 Å². The van der Waals surface area contributed by atoms with Crippen molar-refractivity contribution in [1.82, 2.24) is 0 Å². The third-order valence-electron chi connectivity index (χ3n) is 1.81. The lowest BCUT2D eigenvalue weighted by atomic mass is 10.5. The van der Waals surface area contributed by atoms with Gasteiger partial charge >= 0.3 is 0 Å². The highest BCUT2D eigenvalue weighted by Crippen LogP contribution is 2.41. The molecule has 1 heterocycles. The quantitative estimate of drug-likeness (QED) is 0.699. The Kier molecular flexibility index (Phi) is 4.97. The monoisotopic (exact) mass is 246 g/mol. The molecule has 0 atom stereocenters. The molecule has 0 N–H and O–H groups in total. The summed E-state index contributed by atoms with van der Waals surface area (Å²) in [5.74, 6) is 1.68. The van der Waals surface area contributed by atoms with Gasteiger partial charge in [0, 0.05) is 4.50 Å². The van der Waals surface area contributed by atoms with Gasteiger partial charge in [-0.05, 0) is 20.8 Å². The molecule has 1 aromatic heterocycles. The van der Waals surface area contributed by atoms with E-state index >= 15 is 0 Å². The second-order valence-corrected chi connectivity index (χ2v) is 5.82. The zero-order valence-corrected chi connectivity index (χ0v) is 12.6. The predicted molar refractivity (Wildman–Crippen MR) is 67.4 cm³/mol. The van der Waals surface area contributed by atoms with E-state index in [0.29, 0.717) is 19.8 Å². The fourth-order valence-corrected chi connectivity index (χ4v) is 3.16. The molecule has 0 amide bonds. The van der Waals surface area contributed by atoms with Crippen LogP contribution in [0.2, 0.25) is 0 Å². The molecule has 0 aliphatic heterocycles. The molecule has 0 spiro atoms. The molecule has 1 aromatic rings. The zero-order valence-electron chi connectivity index (χ0n) is 9.75. The summed E-state index contributed by atoms with van der Waals surface area (Å²) in [6, 6.07) is 0. The lowest BCUT2D eigenvalue weighted by molar-refractivity contribution is 0.269. The second-order valence-electron chi connectivity index (χ2n) is 2.90. The molecule has 0 aromatic carbocycles. The summed E-state index contributed by atoms with van der Waals surface area (Å²) in [4.78, 5) is 0. The van der Waals surface area contributed by atoms with E-state index in [0.717, 1.165) is 26.8 Å². The standard InChI is InChI=1S/C10H18O3SSi/c1-4-11-7-8(12-5-2)10(15)14-9(7)13-6-3/h4-6H2,1-3,15H3. The van der Waals surface area contributed by atoms with Gasteiger partial charge in [0.25, 0.3) is 0 Å². The Morgan fingerprint density at radius 1 is 0.933 bits per heavy atom. The molecule has 3 nitrogen and oxygen atoms in total. The third kappa shape index (κ3) is 2.88. The van der Waals surface area contributed by atoms with Crippen LogP contribution in [0.1, 0.15) is 20.8 Å². The van der Waals surface area contributed by atoms with Gasteiger partial charge in [-0.3, -0.25) is 0 Å². The second kappa shape index (κ2) is 6.02. The highest BCUT2D eigenvalue weighted by Gasteiger charge is 2.19. The molecule has 0 saturated heterocycles. The molecule has 0 fully saturated rings. The fraction of sp³-hybridized carbons (Fsp3) is 0.600. The summed E-state index contributed by atoms with van der Waals surface area (Å²) in [6.07, 6.45) is 0. The van der Waals surface area contributed by atoms with Gasteiger partial charge in [-0.1, -0.05) is 0 Å². The van der Waals surface area contributed by atoms with Crippen molar-refractivity contribution < 1.29 is 14.2 Å². The molecular formula is C10H18O3SSi. The minimum absolute atomic E-state index is 0.637. The first-order chi connectivity index (χ1) is 7.24. The van der Waals surface area contributed by atoms with Crippen LogP contribution in [-0.2, 0) is 0 Å². The van der Waals surface area contributed by atoms with Gasteiger partial charge in [-0.25, -0.2) is 0 Å². The Morgan fingerprint density at radius 2 is 1.47 bits per heavy atom. The van der Waals surface area contributed by atoms with Crippen molar-refractivity contribution in [2.75, 3.05) is 19.8 Å². The van der Waals surface area contributed by atoms with Crippen LogP contribution >= 0.6 is 11.3 Å². The first-order valence-corrected chi connectivity index (χ1v) is 7.07. The van der Waals surface area contributed by atoms with Crippen molar-refractivity contribution in [3.63, 3.8) is 0 Å². The van der Waals surface area contributed by atoms with E-state index in [1.807, 2.05) is 20.8 Å². The molecule has 0 aliphatic carbocycles. The van der Waals surface area contributed by atoms with E-state index in [1.54, 1.807) is 11.3 Å². The lowest BCUT2D eigenvalue weighted by Gasteiger charge is -2.08. The van der Waals surface area contributed by atoms with Gasteiger partial charge in [-0.15, -0.1) is 11.3 Å². The maximum absolute atomic E-state index is 5.59. The topological polar surface area (TPSA) is 27.7 Å². The van der Waals surface area contributed by atoms with Crippen molar-refractivity contribution in [1.29, 1.82) is 0 Å². The van der Waals surface area contributed by atoms with E-state index in [1.165, 1.54) is 4.50 Å². The van der Waals surface area contributed by atoms with Crippen LogP contribution < -0.4 is 18.7 Å². The largest absolute Gasteiger partial charge is 0.489 e. The van der Waals surface area contributed by atoms with Crippen molar-refractivity contribution >= 4 is 26.1 Å². The average Bonchev–Trinajstić information content (AvgIpc) is 2.48. The summed E-state index contributed by atoms with van der Waals surface area (Å²) in [6.45, 7) is 7.88. The summed E-state index contributed by atoms with van der Waals surface area (Å²) in [7, 11) is 0.957. The predicted octanol–water partition coefficient (Wildman–Crippen LogP) is 0.935. The Morgan fingerprint density at radius 3 is 2.00 bits per heavy atom. The maximum Gasteiger partial charge on any atom is 0.220 e.